The topological polar surface area (TPSA) is 162 Å². The van der Waals surface area contributed by atoms with Crippen molar-refractivity contribution in [2.75, 3.05) is 5.32 Å². The maximum atomic E-state index is 13.0. The van der Waals surface area contributed by atoms with E-state index in [0.717, 1.165) is 38.5 Å². The molecule has 1 aromatic rings. The van der Waals surface area contributed by atoms with Crippen molar-refractivity contribution >= 4 is 41.2 Å². The Kier molecular flexibility index (Phi) is 17.6. The Morgan fingerprint density at radius 2 is 1.53 bits per heavy atom. The lowest BCUT2D eigenvalue weighted by Crippen LogP contribution is -2.52. The van der Waals surface area contributed by atoms with Crippen LogP contribution in [0.2, 0.25) is 0 Å². The van der Waals surface area contributed by atoms with Gasteiger partial charge in [0.1, 0.15) is 12.1 Å². The van der Waals surface area contributed by atoms with Crippen LogP contribution in [0.15, 0.2) is 91.1 Å². The van der Waals surface area contributed by atoms with Crippen LogP contribution in [0.25, 0.3) is 0 Å². The average molecular weight is 699 g/mol. The molecule has 11 nitrogen and oxygen atoms in total. The number of unbranched alkanes of at least 4 members (excludes halogenated alkanes) is 1. The number of hydrogen-bond donors (Lipinski definition) is 4. The molecule has 51 heavy (non-hydrogen) atoms. The lowest BCUT2D eigenvalue weighted by atomic mass is 10.0. The third-order valence-corrected chi connectivity index (χ3v) is 8.29. The molecule has 0 aromatic heterocycles. The van der Waals surface area contributed by atoms with Crippen molar-refractivity contribution in [1.29, 1.82) is 0 Å². The van der Waals surface area contributed by atoms with Crippen LogP contribution < -0.4 is 16.0 Å². The Balaban J connectivity index is 1.32. The van der Waals surface area contributed by atoms with E-state index in [-0.39, 0.29) is 50.5 Å². The minimum Gasteiger partial charge on any atom is -0.480 e. The predicted octanol–water partition coefficient (Wildman–Crippen LogP) is 6.21. The highest BCUT2D eigenvalue weighted by Gasteiger charge is 2.40. The van der Waals surface area contributed by atoms with Crippen molar-refractivity contribution in [3.05, 3.63) is 102 Å². The quantitative estimate of drug-likeness (QED) is 0.0513. The standard InChI is InChI=1S/C40H50N4O7/c1-2-3-4-5-6-7-8-9-10-11-12-13-14-15-16-17-18-19-20-24-35(45)42-33(40(50)51)25-27-36(46)41-32-23-21-22-30-31(32)29-44(39(30)49)34-26-28-37(47)43-38(34)48/h3-4,7-10,12-13,15-16,18-19,21-23,33-34H,2,5-6,11,14,17,20,24-29H2,1H3,(H,41,46)(H,42,45)(H,50,51)(H,43,47,48)/b4-3-,8-7-,10-9-,13-12-,16-15-,19-18-/t33-,34?/m0/s1. The number of carbonyl (C=O) groups excluding carboxylic acids is 5. The molecule has 0 bridgehead atoms. The second-order valence-electron chi connectivity index (χ2n) is 12.3. The molecule has 1 fully saturated rings. The van der Waals surface area contributed by atoms with E-state index in [2.05, 4.69) is 77.6 Å². The summed E-state index contributed by atoms with van der Waals surface area (Å²) in [4.78, 5) is 75.3. The summed E-state index contributed by atoms with van der Waals surface area (Å²) < 4.78 is 0. The molecule has 1 unspecified atom stereocenters. The largest absolute Gasteiger partial charge is 0.480 e. The predicted molar refractivity (Wildman–Crippen MR) is 197 cm³/mol. The Labute approximate surface area is 300 Å². The number of imide groups is 1. The van der Waals surface area contributed by atoms with Crippen LogP contribution in [-0.4, -0.2) is 57.6 Å². The van der Waals surface area contributed by atoms with Crippen molar-refractivity contribution in [3.63, 3.8) is 0 Å². The first-order valence-corrected chi connectivity index (χ1v) is 17.7. The van der Waals surface area contributed by atoms with Crippen LogP contribution in [0.3, 0.4) is 0 Å². The molecule has 272 valence electrons. The highest BCUT2D eigenvalue weighted by atomic mass is 16.4. The lowest BCUT2D eigenvalue weighted by molar-refractivity contribution is -0.142. The van der Waals surface area contributed by atoms with Crippen molar-refractivity contribution in [2.45, 2.75) is 103 Å². The summed E-state index contributed by atoms with van der Waals surface area (Å²) in [5, 5.41) is 17.1. The zero-order chi connectivity index (χ0) is 36.8. The Morgan fingerprint density at radius 1 is 0.863 bits per heavy atom. The van der Waals surface area contributed by atoms with Crippen LogP contribution >= 0.6 is 0 Å². The molecule has 2 aliphatic heterocycles. The minimum atomic E-state index is -1.24. The fourth-order valence-electron chi connectivity index (χ4n) is 5.57. The summed E-state index contributed by atoms with van der Waals surface area (Å²) in [5.74, 6) is -3.42. The molecule has 2 atom stereocenters. The number of carboxylic acids is 1. The molecule has 3 rings (SSSR count). The van der Waals surface area contributed by atoms with Gasteiger partial charge in [-0.3, -0.25) is 29.3 Å². The van der Waals surface area contributed by atoms with Gasteiger partial charge < -0.3 is 20.6 Å². The smallest absolute Gasteiger partial charge is 0.326 e. The average Bonchev–Trinajstić information content (AvgIpc) is 3.44. The number of nitrogens with one attached hydrogen (secondary N) is 3. The normalized spacial score (nSPS) is 17.1. The molecule has 0 spiro atoms. The second-order valence-corrected chi connectivity index (χ2v) is 12.3. The van der Waals surface area contributed by atoms with Gasteiger partial charge in [0.15, 0.2) is 0 Å². The van der Waals surface area contributed by atoms with Crippen LogP contribution in [-0.2, 0) is 30.5 Å². The number of amides is 5. The van der Waals surface area contributed by atoms with E-state index in [0.29, 0.717) is 23.2 Å². The molecule has 2 heterocycles. The number of anilines is 1. The zero-order valence-corrected chi connectivity index (χ0v) is 29.4. The highest BCUT2D eigenvalue weighted by Crippen LogP contribution is 2.32. The van der Waals surface area contributed by atoms with Crippen molar-refractivity contribution in [1.82, 2.24) is 15.5 Å². The van der Waals surface area contributed by atoms with Crippen molar-refractivity contribution in [2.24, 2.45) is 0 Å². The first-order chi connectivity index (χ1) is 24.7. The first-order valence-electron chi connectivity index (χ1n) is 17.7. The van der Waals surface area contributed by atoms with Gasteiger partial charge in [-0.25, -0.2) is 4.79 Å². The number of hydrogen-bond acceptors (Lipinski definition) is 6. The fraction of sp³-hybridized carbons (Fsp3) is 0.400. The zero-order valence-electron chi connectivity index (χ0n) is 29.4. The van der Waals surface area contributed by atoms with Gasteiger partial charge in [0.25, 0.3) is 5.91 Å². The monoisotopic (exact) mass is 698 g/mol. The van der Waals surface area contributed by atoms with Crippen molar-refractivity contribution in [3.8, 4) is 0 Å². The Morgan fingerprint density at radius 3 is 2.24 bits per heavy atom. The molecule has 11 heteroatoms. The van der Waals surface area contributed by atoms with Crippen LogP contribution in [0.1, 0.15) is 99.9 Å². The number of carbonyl (C=O) groups is 6. The van der Waals surface area contributed by atoms with Crippen molar-refractivity contribution < 1.29 is 33.9 Å². The number of fused-ring (bicyclic) bond motifs is 1. The van der Waals surface area contributed by atoms with E-state index >= 15 is 0 Å². The number of piperidine rings is 1. The molecule has 1 saturated heterocycles. The van der Waals surface area contributed by atoms with Crippen LogP contribution in [0.4, 0.5) is 5.69 Å². The molecule has 1 aromatic carbocycles. The summed E-state index contributed by atoms with van der Waals surface area (Å²) in [5.41, 5.74) is 1.27. The second kappa shape index (κ2) is 22.4. The van der Waals surface area contributed by atoms with Gasteiger partial charge in [-0.2, -0.15) is 0 Å². The van der Waals surface area contributed by atoms with E-state index in [9.17, 15) is 33.9 Å². The molecule has 0 radical (unpaired) electrons. The molecular weight excluding hydrogens is 648 g/mol. The first kappa shape index (κ1) is 40.1. The van der Waals surface area contributed by atoms with E-state index in [4.69, 9.17) is 0 Å². The van der Waals surface area contributed by atoms with E-state index < -0.39 is 35.8 Å². The molecule has 0 aliphatic carbocycles. The molecule has 4 N–H and O–H groups in total. The Bertz CT molecular complexity index is 1570. The maximum Gasteiger partial charge on any atom is 0.326 e. The summed E-state index contributed by atoms with van der Waals surface area (Å²) >= 11 is 0. The minimum absolute atomic E-state index is 0.0847. The molecule has 2 aliphatic rings. The van der Waals surface area contributed by atoms with Gasteiger partial charge in [0.2, 0.25) is 23.6 Å². The van der Waals surface area contributed by atoms with Crippen LogP contribution in [0.5, 0.6) is 0 Å². The summed E-state index contributed by atoms with van der Waals surface area (Å²) in [6.07, 6.45) is 31.3. The third-order valence-electron chi connectivity index (χ3n) is 8.29. The third kappa shape index (κ3) is 14.2. The van der Waals surface area contributed by atoms with E-state index in [1.54, 1.807) is 18.2 Å². The fourth-order valence-corrected chi connectivity index (χ4v) is 5.57. The number of rotatable bonds is 21. The van der Waals surface area contributed by atoms with Gasteiger partial charge in [-0.15, -0.1) is 0 Å². The highest BCUT2D eigenvalue weighted by molar-refractivity contribution is 6.06. The molecule has 0 saturated carbocycles. The van der Waals surface area contributed by atoms with Gasteiger partial charge in [0.05, 0.1) is 0 Å². The lowest BCUT2D eigenvalue weighted by Gasteiger charge is -2.29. The van der Waals surface area contributed by atoms with Gasteiger partial charge >= 0.3 is 5.97 Å². The SMILES string of the molecule is CC/C=C\CC/C=C\C=C/C/C=C\C/C=C\C/C=C\CCC(=O)N[C@@H](CCC(=O)Nc1cccc2c1CN(C1CCC(=O)NC1=O)C2=O)C(=O)O. The summed E-state index contributed by atoms with van der Waals surface area (Å²) in [6, 6.07) is 2.82. The maximum absolute atomic E-state index is 13.0. The number of allylic oxidation sites excluding steroid dienone is 12. The van der Waals surface area contributed by atoms with Crippen LogP contribution in [0, 0.1) is 0 Å². The number of benzene rings is 1. The molecular formula is C40H50N4O7. The number of nitrogens with zero attached hydrogens (tertiary/aromatic N) is 1. The molecule has 5 amide bonds. The summed E-state index contributed by atoms with van der Waals surface area (Å²) in [7, 11) is 0. The summed E-state index contributed by atoms with van der Waals surface area (Å²) in [6.45, 7) is 2.22. The van der Waals surface area contributed by atoms with Gasteiger partial charge in [-0.1, -0.05) is 85.9 Å². The van der Waals surface area contributed by atoms with E-state index in [1.165, 1.54) is 4.90 Å². The van der Waals surface area contributed by atoms with E-state index in [1.807, 2.05) is 18.2 Å². The Hall–Kier alpha value is -5.32. The number of carboxylic acid groups (broad SMARTS) is 1. The van der Waals surface area contributed by atoms with Gasteiger partial charge in [-0.05, 0) is 69.9 Å². The van der Waals surface area contributed by atoms with Gasteiger partial charge in [0, 0.05) is 42.6 Å². The number of aliphatic carboxylic acids is 1.